The zero-order chi connectivity index (χ0) is 15.1. The second kappa shape index (κ2) is 4.84. The first-order valence-corrected chi connectivity index (χ1v) is 7.09. The molecule has 6 heteroatoms. The average molecular weight is 294 g/mol. The highest BCUT2D eigenvalue weighted by Crippen LogP contribution is 2.23. The summed E-state index contributed by atoms with van der Waals surface area (Å²) in [6, 6.07) is 9.36. The standard InChI is InChI=1S/C16H14N4O2/c17-16-18-8-11-5-6-20(9-12(11)19-16)15(21)14-7-10-3-1-2-4-13(10)22-14/h1-4,7-8H,5-6,9H2,(H2,17,18,19). The van der Waals surface area contributed by atoms with Crippen molar-refractivity contribution < 1.29 is 9.21 Å². The van der Waals surface area contributed by atoms with Gasteiger partial charge in [0.2, 0.25) is 5.95 Å². The number of carbonyl (C=O) groups is 1. The summed E-state index contributed by atoms with van der Waals surface area (Å²) < 4.78 is 5.65. The predicted molar refractivity (Wildman–Crippen MR) is 81.1 cm³/mol. The first-order valence-electron chi connectivity index (χ1n) is 7.09. The number of hydrogen-bond acceptors (Lipinski definition) is 5. The number of benzene rings is 1. The van der Waals surface area contributed by atoms with E-state index in [1.54, 1.807) is 17.2 Å². The lowest BCUT2D eigenvalue weighted by atomic mass is 10.1. The van der Waals surface area contributed by atoms with E-state index in [-0.39, 0.29) is 11.9 Å². The molecule has 3 aromatic rings. The largest absolute Gasteiger partial charge is 0.451 e. The average Bonchev–Trinajstić information content (AvgIpc) is 2.97. The highest BCUT2D eigenvalue weighted by atomic mass is 16.3. The van der Waals surface area contributed by atoms with Crippen LogP contribution in [0.1, 0.15) is 21.8 Å². The van der Waals surface area contributed by atoms with Gasteiger partial charge >= 0.3 is 0 Å². The van der Waals surface area contributed by atoms with Gasteiger partial charge in [0.05, 0.1) is 12.2 Å². The topological polar surface area (TPSA) is 85.2 Å². The molecule has 6 nitrogen and oxygen atoms in total. The van der Waals surface area contributed by atoms with Crippen molar-refractivity contribution in [2.24, 2.45) is 0 Å². The lowest BCUT2D eigenvalue weighted by molar-refractivity contribution is 0.0702. The number of aromatic nitrogens is 2. The van der Waals surface area contributed by atoms with E-state index < -0.39 is 0 Å². The Labute approximate surface area is 126 Å². The highest BCUT2D eigenvalue weighted by Gasteiger charge is 2.25. The number of amides is 1. The van der Waals surface area contributed by atoms with E-state index in [0.29, 0.717) is 18.8 Å². The molecule has 0 saturated heterocycles. The quantitative estimate of drug-likeness (QED) is 0.742. The van der Waals surface area contributed by atoms with Gasteiger partial charge in [0.15, 0.2) is 5.76 Å². The lowest BCUT2D eigenvalue weighted by Gasteiger charge is -2.27. The number of carbonyl (C=O) groups excluding carboxylic acids is 1. The number of hydrogen-bond donors (Lipinski definition) is 1. The molecule has 1 amide bonds. The van der Waals surface area contributed by atoms with Crippen molar-refractivity contribution in [3.63, 3.8) is 0 Å². The van der Waals surface area contributed by atoms with Gasteiger partial charge in [0, 0.05) is 18.1 Å². The fourth-order valence-electron chi connectivity index (χ4n) is 2.73. The van der Waals surface area contributed by atoms with Crippen LogP contribution in [0.5, 0.6) is 0 Å². The monoisotopic (exact) mass is 294 g/mol. The minimum atomic E-state index is -0.126. The number of rotatable bonds is 1. The normalized spacial score (nSPS) is 14.1. The van der Waals surface area contributed by atoms with Crippen LogP contribution in [-0.4, -0.2) is 27.3 Å². The molecule has 0 unspecified atom stereocenters. The smallest absolute Gasteiger partial charge is 0.289 e. The Balaban J connectivity index is 1.63. The molecule has 0 radical (unpaired) electrons. The van der Waals surface area contributed by atoms with Gasteiger partial charge in [0.25, 0.3) is 5.91 Å². The Hall–Kier alpha value is -2.89. The highest BCUT2D eigenvalue weighted by molar-refractivity contribution is 5.96. The van der Waals surface area contributed by atoms with Gasteiger partial charge in [0.1, 0.15) is 5.58 Å². The second-order valence-corrected chi connectivity index (χ2v) is 5.33. The van der Waals surface area contributed by atoms with E-state index in [1.165, 1.54) is 0 Å². The summed E-state index contributed by atoms with van der Waals surface area (Å²) in [5, 5.41) is 0.926. The molecule has 0 spiro atoms. The molecule has 0 atom stereocenters. The lowest BCUT2D eigenvalue weighted by Crippen LogP contribution is -2.36. The van der Waals surface area contributed by atoms with E-state index in [1.807, 2.05) is 24.3 Å². The molecule has 0 saturated carbocycles. The molecule has 2 N–H and O–H groups in total. The SMILES string of the molecule is Nc1ncc2c(n1)CN(C(=O)c1cc3ccccc3o1)CC2. The Kier molecular flexibility index (Phi) is 2.82. The molecule has 4 rings (SSSR count). The first kappa shape index (κ1) is 12.8. The van der Waals surface area contributed by atoms with E-state index >= 15 is 0 Å². The molecular weight excluding hydrogens is 280 g/mol. The number of para-hydroxylation sites is 1. The van der Waals surface area contributed by atoms with Gasteiger partial charge in [-0.3, -0.25) is 4.79 Å². The maximum absolute atomic E-state index is 12.6. The molecule has 2 aromatic heterocycles. The number of nitrogen functional groups attached to an aromatic ring is 1. The molecule has 1 aromatic carbocycles. The molecule has 3 heterocycles. The van der Waals surface area contributed by atoms with Crippen molar-refractivity contribution in [3.05, 3.63) is 53.5 Å². The fourth-order valence-corrected chi connectivity index (χ4v) is 2.73. The van der Waals surface area contributed by atoms with Gasteiger partial charge in [-0.05, 0) is 24.1 Å². The Morgan fingerprint density at radius 3 is 3.05 bits per heavy atom. The van der Waals surface area contributed by atoms with Crippen LogP contribution in [0.4, 0.5) is 5.95 Å². The van der Waals surface area contributed by atoms with Crippen molar-refractivity contribution in [2.45, 2.75) is 13.0 Å². The van der Waals surface area contributed by atoms with Crippen molar-refractivity contribution in [1.82, 2.24) is 14.9 Å². The van der Waals surface area contributed by atoms with Gasteiger partial charge in [-0.15, -0.1) is 0 Å². The summed E-state index contributed by atoms with van der Waals surface area (Å²) >= 11 is 0. The van der Waals surface area contributed by atoms with Crippen LogP contribution < -0.4 is 5.73 Å². The van der Waals surface area contributed by atoms with Gasteiger partial charge in [-0.1, -0.05) is 18.2 Å². The van der Waals surface area contributed by atoms with Crippen LogP contribution in [-0.2, 0) is 13.0 Å². The first-order chi connectivity index (χ1) is 10.7. The van der Waals surface area contributed by atoms with Crippen LogP contribution in [0.3, 0.4) is 0 Å². The molecule has 0 fully saturated rings. The Bertz CT molecular complexity index is 838. The summed E-state index contributed by atoms with van der Waals surface area (Å²) in [7, 11) is 0. The predicted octanol–water partition coefficient (Wildman–Crippen LogP) is 2.00. The van der Waals surface area contributed by atoms with E-state index in [9.17, 15) is 4.79 Å². The summed E-state index contributed by atoms with van der Waals surface area (Å²) in [6.07, 6.45) is 2.46. The fraction of sp³-hybridized carbons (Fsp3) is 0.188. The second-order valence-electron chi connectivity index (χ2n) is 5.33. The van der Waals surface area contributed by atoms with E-state index in [0.717, 1.165) is 28.6 Å². The maximum atomic E-state index is 12.6. The minimum Gasteiger partial charge on any atom is -0.451 e. The van der Waals surface area contributed by atoms with Gasteiger partial charge < -0.3 is 15.1 Å². The van der Waals surface area contributed by atoms with E-state index in [2.05, 4.69) is 9.97 Å². The van der Waals surface area contributed by atoms with E-state index in [4.69, 9.17) is 10.2 Å². The summed E-state index contributed by atoms with van der Waals surface area (Å²) in [5.41, 5.74) is 8.19. The van der Waals surface area contributed by atoms with Crippen molar-refractivity contribution in [3.8, 4) is 0 Å². The molecule has 22 heavy (non-hydrogen) atoms. The molecule has 1 aliphatic heterocycles. The van der Waals surface area contributed by atoms with Gasteiger partial charge in [-0.2, -0.15) is 0 Å². The van der Waals surface area contributed by atoms with Crippen LogP contribution >= 0.6 is 0 Å². The molecule has 1 aliphatic rings. The zero-order valence-corrected chi connectivity index (χ0v) is 11.8. The summed E-state index contributed by atoms with van der Waals surface area (Å²) in [4.78, 5) is 22.6. The minimum absolute atomic E-state index is 0.126. The number of nitrogens with zero attached hydrogens (tertiary/aromatic N) is 3. The van der Waals surface area contributed by atoms with Crippen molar-refractivity contribution in [1.29, 1.82) is 0 Å². The third-order valence-corrected chi connectivity index (χ3v) is 3.89. The maximum Gasteiger partial charge on any atom is 0.289 e. The van der Waals surface area contributed by atoms with Crippen LogP contribution in [0.25, 0.3) is 11.0 Å². The summed E-state index contributed by atoms with van der Waals surface area (Å²) in [5.74, 6) is 0.461. The molecule has 0 bridgehead atoms. The van der Waals surface area contributed by atoms with Crippen molar-refractivity contribution in [2.75, 3.05) is 12.3 Å². The number of fused-ring (bicyclic) bond motifs is 2. The Morgan fingerprint density at radius 2 is 2.18 bits per heavy atom. The van der Waals surface area contributed by atoms with Crippen molar-refractivity contribution >= 4 is 22.8 Å². The van der Waals surface area contributed by atoms with Crippen LogP contribution in [0.15, 0.2) is 40.9 Å². The molecule has 110 valence electrons. The Morgan fingerprint density at radius 1 is 1.32 bits per heavy atom. The summed E-state index contributed by atoms with van der Waals surface area (Å²) in [6.45, 7) is 1.05. The van der Waals surface area contributed by atoms with Crippen LogP contribution in [0, 0.1) is 0 Å². The third-order valence-electron chi connectivity index (χ3n) is 3.89. The third kappa shape index (κ3) is 2.09. The van der Waals surface area contributed by atoms with Gasteiger partial charge in [-0.25, -0.2) is 9.97 Å². The number of nitrogens with two attached hydrogens (primary N) is 1. The molecular formula is C16H14N4O2. The zero-order valence-electron chi connectivity index (χ0n) is 11.8. The van der Waals surface area contributed by atoms with Crippen LogP contribution in [0.2, 0.25) is 0 Å². The number of anilines is 1. The number of furan rings is 1. The molecule has 0 aliphatic carbocycles.